The predicted molar refractivity (Wildman–Crippen MR) is 47.8 cm³/mol. The molecule has 0 fully saturated rings. The molecule has 2 nitrogen and oxygen atoms in total. The Morgan fingerprint density at radius 3 is 3.00 bits per heavy atom. The lowest BCUT2D eigenvalue weighted by Gasteiger charge is -1.86. The van der Waals surface area contributed by atoms with Gasteiger partial charge in [0.25, 0.3) is 0 Å². The van der Waals surface area contributed by atoms with E-state index >= 15 is 0 Å². The van der Waals surface area contributed by atoms with Gasteiger partial charge in [0.2, 0.25) is 0 Å². The first-order valence-electron chi connectivity index (χ1n) is 2.70. The molecule has 0 aromatic carbocycles. The van der Waals surface area contributed by atoms with Gasteiger partial charge in [-0.25, -0.2) is 4.74 Å². The molecule has 1 rings (SSSR count). The van der Waals surface area contributed by atoms with Gasteiger partial charge in [0, 0.05) is 24.4 Å². The SMILES string of the molecule is N/C=C\C=C1/P=NC=C1Br. The van der Waals surface area contributed by atoms with Crippen LogP contribution in [-0.2, 0) is 0 Å². The average Bonchev–Trinajstić information content (AvgIpc) is 2.31. The van der Waals surface area contributed by atoms with E-state index in [-0.39, 0.29) is 0 Å². The van der Waals surface area contributed by atoms with Gasteiger partial charge in [-0.15, -0.1) is 0 Å². The zero-order chi connectivity index (χ0) is 7.40. The molecule has 1 aliphatic rings. The van der Waals surface area contributed by atoms with Gasteiger partial charge in [0.15, 0.2) is 0 Å². The summed E-state index contributed by atoms with van der Waals surface area (Å²) in [6.07, 6.45) is 7.01. The minimum atomic E-state index is 0.980. The molecule has 1 heterocycles. The lowest BCUT2D eigenvalue weighted by atomic mass is 10.4. The molecule has 0 atom stereocenters. The summed E-state index contributed by atoms with van der Waals surface area (Å²) in [5.41, 5.74) is 5.16. The fourth-order valence-corrected chi connectivity index (χ4v) is 1.75. The first-order valence-corrected chi connectivity index (χ1v) is 4.34. The molecular weight excluding hydrogens is 211 g/mol. The second kappa shape index (κ2) is 3.69. The van der Waals surface area contributed by atoms with E-state index in [2.05, 4.69) is 20.7 Å². The standard InChI is InChI=1S/C6H6BrN2P/c7-5-4-9-10-6(5)2-1-3-8/h1-4H,8H2/b3-1-,6-2-. The minimum absolute atomic E-state index is 0.980. The predicted octanol–water partition coefficient (Wildman–Crippen LogP) is 2.72. The van der Waals surface area contributed by atoms with E-state index in [0.717, 1.165) is 18.2 Å². The Labute approximate surface area is 69.5 Å². The summed E-state index contributed by atoms with van der Waals surface area (Å²) in [6, 6.07) is 0. The van der Waals surface area contributed by atoms with E-state index in [9.17, 15) is 0 Å². The van der Waals surface area contributed by atoms with Crippen molar-refractivity contribution < 1.29 is 0 Å². The zero-order valence-corrected chi connectivity index (χ0v) is 7.64. The Morgan fingerprint density at radius 1 is 1.70 bits per heavy atom. The van der Waals surface area contributed by atoms with Crippen LogP contribution in [0.4, 0.5) is 0 Å². The van der Waals surface area contributed by atoms with Crippen molar-refractivity contribution in [2.24, 2.45) is 10.5 Å². The van der Waals surface area contributed by atoms with Crippen molar-refractivity contribution in [3.63, 3.8) is 0 Å². The summed E-state index contributed by atoms with van der Waals surface area (Å²) in [5.74, 6) is 0. The van der Waals surface area contributed by atoms with E-state index < -0.39 is 0 Å². The molecule has 0 bridgehead atoms. The molecule has 1 aliphatic heterocycles. The molecule has 0 spiro atoms. The lowest BCUT2D eigenvalue weighted by molar-refractivity contribution is 1.60. The molecule has 0 aromatic rings. The van der Waals surface area contributed by atoms with Gasteiger partial charge in [-0.2, -0.15) is 0 Å². The summed E-state index contributed by atoms with van der Waals surface area (Å²) in [7, 11) is 0.980. The summed E-state index contributed by atoms with van der Waals surface area (Å²) in [4.78, 5) is 0. The fraction of sp³-hybridized carbons (Fsp3) is 0. The van der Waals surface area contributed by atoms with Crippen LogP contribution in [0.5, 0.6) is 0 Å². The summed E-state index contributed by atoms with van der Waals surface area (Å²) >= 11 is 3.35. The Morgan fingerprint density at radius 2 is 2.50 bits per heavy atom. The molecule has 4 heteroatoms. The fourth-order valence-electron chi connectivity index (χ4n) is 0.515. The van der Waals surface area contributed by atoms with Crippen LogP contribution in [0, 0.1) is 0 Å². The number of rotatable bonds is 1. The van der Waals surface area contributed by atoms with Crippen molar-refractivity contribution in [2.75, 3.05) is 0 Å². The van der Waals surface area contributed by atoms with Crippen LogP contribution in [0.25, 0.3) is 0 Å². The maximum Gasteiger partial charge on any atom is 0.0495 e. The van der Waals surface area contributed by atoms with E-state index in [1.54, 1.807) is 12.3 Å². The lowest BCUT2D eigenvalue weighted by Crippen LogP contribution is -1.73. The molecule has 0 unspecified atom stereocenters. The highest BCUT2D eigenvalue weighted by atomic mass is 79.9. The summed E-state index contributed by atoms with van der Waals surface area (Å²) in [6.45, 7) is 0. The van der Waals surface area contributed by atoms with E-state index in [1.165, 1.54) is 6.20 Å². The van der Waals surface area contributed by atoms with Crippen molar-refractivity contribution in [1.82, 2.24) is 0 Å². The van der Waals surface area contributed by atoms with Crippen molar-refractivity contribution in [2.45, 2.75) is 0 Å². The maximum atomic E-state index is 5.16. The molecule has 52 valence electrons. The minimum Gasteiger partial charge on any atom is -0.405 e. The largest absolute Gasteiger partial charge is 0.405 e. The molecule has 0 aromatic heterocycles. The van der Waals surface area contributed by atoms with Crippen LogP contribution in [0.3, 0.4) is 0 Å². The highest BCUT2D eigenvalue weighted by molar-refractivity contribution is 9.12. The van der Waals surface area contributed by atoms with Gasteiger partial charge in [0.1, 0.15) is 0 Å². The van der Waals surface area contributed by atoms with Crippen LogP contribution in [0.15, 0.2) is 39.1 Å². The van der Waals surface area contributed by atoms with Crippen LogP contribution in [0.1, 0.15) is 0 Å². The molecule has 0 saturated carbocycles. The smallest absolute Gasteiger partial charge is 0.0495 e. The van der Waals surface area contributed by atoms with E-state index in [1.807, 2.05) is 6.08 Å². The van der Waals surface area contributed by atoms with E-state index in [0.29, 0.717) is 0 Å². The third-order valence-corrected chi connectivity index (χ3v) is 2.72. The van der Waals surface area contributed by atoms with Crippen LogP contribution in [-0.4, -0.2) is 0 Å². The van der Waals surface area contributed by atoms with Crippen molar-refractivity contribution in [3.05, 3.63) is 34.3 Å². The van der Waals surface area contributed by atoms with Gasteiger partial charge in [0.05, 0.1) is 0 Å². The van der Waals surface area contributed by atoms with E-state index in [4.69, 9.17) is 5.73 Å². The third kappa shape index (κ3) is 1.79. The van der Waals surface area contributed by atoms with Gasteiger partial charge < -0.3 is 5.73 Å². The van der Waals surface area contributed by atoms with Crippen molar-refractivity contribution in [1.29, 1.82) is 0 Å². The normalized spacial score (nSPS) is 22.5. The number of nitrogens with zero attached hydrogens (tertiary/aromatic N) is 1. The van der Waals surface area contributed by atoms with Gasteiger partial charge in [-0.05, 0) is 34.3 Å². The molecular formula is C6H6BrN2P. The number of allylic oxidation sites excluding steroid dienone is 4. The molecule has 0 amide bonds. The number of halogens is 1. The Balaban J connectivity index is 2.74. The molecule has 0 radical (unpaired) electrons. The molecule has 0 saturated heterocycles. The maximum absolute atomic E-state index is 5.16. The number of hydrogen-bond acceptors (Lipinski definition) is 2. The third-order valence-electron chi connectivity index (χ3n) is 0.946. The topological polar surface area (TPSA) is 38.4 Å². The highest BCUT2D eigenvalue weighted by Gasteiger charge is 2.02. The van der Waals surface area contributed by atoms with Gasteiger partial charge in [-0.1, -0.05) is 0 Å². The van der Waals surface area contributed by atoms with Gasteiger partial charge in [-0.3, -0.25) is 0 Å². The summed E-state index contributed by atoms with van der Waals surface area (Å²) < 4.78 is 5.05. The van der Waals surface area contributed by atoms with Gasteiger partial charge >= 0.3 is 0 Å². The van der Waals surface area contributed by atoms with Crippen LogP contribution < -0.4 is 5.73 Å². The first-order chi connectivity index (χ1) is 4.84. The van der Waals surface area contributed by atoms with Crippen molar-refractivity contribution in [3.8, 4) is 0 Å². The van der Waals surface area contributed by atoms with Crippen molar-refractivity contribution >= 4 is 24.3 Å². The average molecular weight is 217 g/mol. The Hall–Kier alpha value is -0.400. The second-order valence-electron chi connectivity index (χ2n) is 1.63. The molecule has 2 N–H and O–H groups in total. The highest BCUT2D eigenvalue weighted by Crippen LogP contribution is 2.34. The first kappa shape index (κ1) is 7.70. The van der Waals surface area contributed by atoms with Crippen LogP contribution >= 0.6 is 24.3 Å². The molecule has 10 heavy (non-hydrogen) atoms. The molecule has 0 aliphatic carbocycles. The number of nitrogens with two attached hydrogens (primary N) is 1. The zero-order valence-electron chi connectivity index (χ0n) is 5.16. The quantitative estimate of drug-likeness (QED) is 0.673. The summed E-state index contributed by atoms with van der Waals surface area (Å²) in [5, 5.41) is 1.14. The second-order valence-corrected chi connectivity index (χ2v) is 3.40. The Kier molecular flexibility index (Phi) is 2.84. The monoisotopic (exact) mass is 216 g/mol. The number of hydrogen-bond donors (Lipinski definition) is 1. The van der Waals surface area contributed by atoms with Crippen LogP contribution in [0.2, 0.25) is 0 Å². The Bertz CT molecular complexity index is 240.